The molecule has 53 heavy (non-hydrogen) atoms. The molecule has 1 N–H and O–H groups in total. The number of unbranched alkanes of at least 4 members (excludes halogenated alkanes) is 7. The fraction of sp³-hybridized carbons (Fsp3) is 0.622. The molecule has 8 heteroatoms. The Morgan fingerprint density at radius 1 is 0.585 bits per heavy atom. The third kappa shape index (κ3) is 34.1. The number of carboxylic acid groups (broad SMARTS) is 1. The standard InChI is InChI=1S/C45H73NO7/c1-6-8-10-12-14-16-17-18-19-20-21-22-23-24-25-26-28-29-31-33-35-43(47)52-40-41(39-51-38-37-42(45(49)50)46(3,4)5)53-44(48)36-34-32-30-27-15-13-11-9-7-2/h8-11,14-16,18-19,21-22,27,32,34,41-42H,6-7,12-13,17,20,23-26,28-31,33,35-40H2,1-5H3/p+1/b10-8+,11-9+,16-14+,19-18+,22-21+,27-15+,34-32+. The van der Waals surface area contributed by atoms with Crippen molar-refractivity contribution in [2.45, 2.75) is 142 Å². The van der Waals surface area contributed by atoms with Crippen molar-refractivity contribution in [1.82, 2.24) is 0 Å². The van der Waals surface area contributed by atoms with E-state index in [4.69, 9.17) is 14.2 Å². The third-order valence-corrected chi connectivity index (χ3v) is 8.32. The van der Waals surface area contributed by atoms with Gasteiger partial charge in [0.15, 0.2) is 12.1 Å². The van der Waals surface area contributed by atoms with Crippen molar-refractivity contribution in [3.8, 4) is 0 Å². The van der Waals surface area contributed by atoms with Crippen LogP contribution in [0, 0.1) is 0 Å². The largest absolute Gasteiger partial charge is 0.477 e. The number of aliphatic carboxylic acids is 1. The van der Waals surface area contributed by atoms with Crippen LogP contribution in [0.3, 0.4) is 0 Å². The molecule has 0 aromatic rings. The Kier molecular flexibility index (Phi) is 33.2. The second kappa shape index (κ2) is 35.5. The van der Waals surface area contributed by atoms with Crippen LogP contribution >= 0.6 is 0 Å². The predicted octanol–water partition coefficient (Wildman–Crippen LogP) is 10.6. The summed E-state index contributed by atoms with van der Waals surface area (Å²) in [4.78, 5) is 36.7. The van der Waals surface area contributed by atoms with E-state index in [1.165, 1.54) is 19.3 Å². The minimum absolute atomic E-state index is 0.0164. The summed E-state index contributed by atoms with van der Waals surface area (Å²) >= 11 is 0. The molecule has 0 rings (SSSR count). The summed E-state index contributed by atoms with van der Waals surface area (Å²) in [6.45, 7) is 4.35. The second-order valence-electron chi connectivity index (χ2n) is 14.1. The number of quaternary nitrogens is 1. The number of rotatable bonds is 34. The van der Waals surface area contributed by atoms with E-state index in [1.54, 1.807) is 6.08 Å². The van der Waals surface area contributed by atoms with Crippen LogP contribution in [0.4, 0.5) is 0 Å². The number of allylic oxidation sites excluding steroid dienone is 13. The van der Waals surface area contributed by atoms with Crippen LogP contribution in [0.25, 0.3) is 0 Å². The maximum absolute atomic E-state index is 12.5. The van der Waals surface area contributed by atoms with Crippen molar-refractivity contribution >= 4 is 17.9 Å². The van der Waals surface area contributed by atoms with E-state index in [-0.39, 0.29) is 36.7 Å². The molecule has 0 aliphatic rings. The number of hydrogen-bond donors (Lipinski definition) is 1. The van der Waals surface area contributed by atoms with Gasteiger partial charge in [-0.15, -0.1) is 0 Å². The quantitative estimate of drug-likeness (QED) is 0.0303. The molecule has 0 heterocycles. The SMILES string of the molecule is CC/C=C/C/C=C/C/C=C/C/C=C/CCCCCCCCCC(=O)OCC(COCCC(C(=O)O)[N+](C)(C)C)OC(=O)C/C=C/C/C=C/C/C=C/CC. The van der Waals surface area contributed by atoms with Gasteiger partial charge >= 0.3 is 17.9 Å². The average Bonchev–Trinajstić information content (AvgIpc) is 3.11. The van der Waals surface area contributed by atoms with Crippen molar-refractivity contribution in [3.05, 3.63) is 85.1 Å². The van der Waals surface area contributed by atoms with Crippen molar-refractivity contribution < 1.29 is 38.2 Å². The molecule has 2 unspecified atom stereocenters. The first kappa shape index (κ1) is 49.5. The molecule has 0 amide bonds. The highest BCUT2D eigenvalue weighted by molar-refractivity contribution is 5.72. The van der Waals surface area contributed by atoms with Gasteiger partial charge < -0.3 is 23.8 Å². The van der Waals surface area contributed by atoms with Crippen molar-refractivity contribution in [2.24, 2.45) is 0 Å². The van der Waals surface area contributed by atoms with Gasteiger partial charge in [0, 0.05) is 12.8 Å². The maximum atomic E-state index is 12.5. The number of carbonyl (C=O) groups excluding carboxylic acids is 2. The zero-order valence-electron chi connectivity index (χ0n) is 33.9. The average molecular weight is 741 g/mol. The number of hydrogen-bond acceptors (Lipinski definition) is 6. The van der Waals surface area contributed by atoms with Crippen LogP contribution in [0.1, 0.15) is 129 Å². The normalized spacial score (nSPS) is 13.9. The van der Waals surface area contributed by atoms with E-state index in [1.807, 2.05) is 33.3 Å². The Morgan fingerprint density at radius 2 is 1.06 bits per heavy atom. The lowest BCUT2D eigenvalue weighted by atomic mass is 10.1. The Labute approximate surface area is 323 Å². The highest BCUT2D eigenvalue weighted by Gasteiger charge is 2.31. The summed E-state index contributed by atoms with van der Waals surface area (Å²) in [5, 5.41) is 9.58. The molecule has 0 saturated heterocycles. The highest BCUT2D eigenvalue weighted by atomic mass is 16.6. The molecule has 0 fully saturated rings. The van der Waals surface area contributed by atoms with E-state index in [0.717, 1.165) is 77.0 Å². The number of likely N-dealkylation sites (N-methyl/N-ethyl adjacent to an activating group) is 1. The highest BCUT2D eigenvalue weighted by Crippen LogP contribution is 2.12. The lowest BCUT2D eigenvalue weighted by Crippen LogP contribution is -2.50. The number of nitrogens with zero attached hydrogens (tertiary/aromatic N) is 1. The number of carbonyl (C=O) groups is 3. The zero-order valence-corrected chi connectivity index (χ0v) is 33.9. The van der Waals surface area contributed by atoms with Gasteiger partial charge in [-0.25, -0.2) is 4.79 Å². The van der Waals surface area contributed by atoms with E-state index in [2.05, 4.69) is 80.7 Å². The van der Waals surface area contributed by atoms with Crippen molar-refractivity contribution in [3.63, 3.8) is 0 Å². The summed E-state index contributed by atoms with van der Waals surface area (Å²) < 4.78 is 17.1. The summed E-state index contributed by atoms with van der Waals surface area (Å²) in [6.07, 6.45) is 45.3. The van der Waals surface area contributed by atoms with E-state index in [9.17, 15) is 19.5 Å². The second-order valence-corrected chi connectivity index (χ2v) is 14.1. The minimum atomic E-state index is -0.894. The molecule has 8 nitrogen and oxygen atoms in total. The Morgan fingerprint density at radius 3 is 1.57 bits per heavy atom. The molecule has 0 bridgehead atoms. The molecule has 0 aliphatic heterocycles. The van der Waals surface area contributed by atoms with Crippen LogP contribution in [0.5, 0.6) is 0 Å². The van der Waals surface area contributed by atoms with Gasteiger partial charge in [-0.2, -0.15) is 0 Å². The summed E-state index contributed by atoms with van der Waals surface area (Å²) in [7, 11) is 5.47. The molecule has 2 atom stereocenters. The molecule has 0 saturated carbocycles. The fourth-order valence-electron chi connectivity index (χ4n) is 5.26. The minimum Gasteiger partial charge on any atom is -0.477 e. The van der Waals surface area contributed by atoms with Crippen molar-refractivity contribution in [2.75, 3.05) is 41.0 Å². The first-order valence-electron chi connectivity index (χ1n) is 20.1. The molecule has 0 aromatic carbocycles. The van der Waals surface area contributed by atoms with Gasteiger partial charge in [0.2, 0.25) is 0 Å². The lowest BCUT2D eigenvalue weighted by molar-refractivity contribution is -0.887. The Hall–Kier alpha value is -3.49. The monoisotopic (exact) mass is 741 g/mol. The number of ether oxygens (including phenoxy) is 3. The fourth-order valence-corrected chi connectivity index (χ4v) is 5.26. The van der Waals surface area contributed by atoms with Gasteiger partial charge in [-0.1, -0.05) is 131 Å². The third-order valence-electron chi connectivity index (χ3n) is 8.32. The van der Waals surface area contributed by atoms with E-state index in [0.29, 0.717) is 12.8 Å². The van der Waals surface area contributed by atoms with E-state index >= 15 is 0 Å². The zero-order chi connectivity index (χ0) is 39.3. The molecule has 0 aliphatic carbocycles. The van der Waals surface area contributed by atoms with Gasteiger partial charge in [-0.05, 0) is 64.2 Å². The van der Waals surface area contributed by atoms with Gasteiger partial charge in [0.05, 0.1) is 40.8 Å². The summed E-state index contributed by atoms with van der Waals surface area (Å²) in [5.74, 6) is -1.65. The van der Waals surface area contributed by atoms with Crippen LogP contribution in [0.2, 0.25) is 0 Å². The molecule has 300 valence electrons. The molecule has 0 radical (unpaired) electrons. The number of esters is 2. The topological polar surface area (TPSA) is 99.1 Å². The maximum Gasteiger partial charge on any atom is 0.362 e. The smallest absolute Gasteiger partial charge is 0.362 e. The summed E-state index contributed by atoms with van der Waals surface area (Å²) in [5.41, 5.74) is 0. The molecule has 0 spiro atoms. The van der Waals surface area contributed by atoms with E-state index < -0.39 is 24.1 Å². The van der Waals surface area contributed by atoms with Crippen LogP contribution in [-0.2, 0) is 28.6 Å². The molecular weight excluding hydrogens is 666 g/mol. The van der Waals surface area contributed by atoms with Crippen LogP contribution in [-0.4, -0.2) is 80.6 Å². The van der Waals surface area contributed by atoms with Crippen LogP contribution < -0.4 is 0 Å². The predicted molar refractivity (Wildman–Crippen MR) is 220 cm³/mol. The summed E-state index contributed by atoms with van der Waals surface area (Å²) in [6, 6.07) is -0.633. The number of carboxylic acids is 1. The van der Waals surface area contributed by atoms with Crippen molar-refractivity contribution in [1.29, 1.82) is 0 Å². The first-order valence-corrected chi connectivity index (χ1v) is 20.1. The Balaban J connectivity index is 4.38. The van der Waals surface area contributed by atoms with Crippen LogP contribution in [0.15, 0.2) is 85.1 Å². The molecule has 0 aromatic heterocycles. The first-order chi connectivity index (χ1) is 25.6. The lowest BCUT2D eigenvalue weighted by Gasteiger charge is -2.31. The van der Waals surface area contributed by atoms with Gasteiger partial charge in [0.1, 0.15) is 6.61 Å². The Bertz CT molecular complexity index is 1140. The van der Waals surface area contributed by atoms with Gasteiger partial charge in [-0.3, -0.25) is 9.59 Å². The molecular formula is C45H74NO7+. The van der Waals surface area contributed by atoms with Gasteiger partial charge in [0.25, 0.3) is 0 Å².